The Kier molecular flexibility index (Phi) is 4.16. The van der Waals surface area contributed by atoms with Crippen LogP contribution in [0.1, 0.15) is 37.8 Å². The van der Waals surface area contributed by atoms with Crippen molar-refractivity contribution < 1.29 is 14.6 Å². The highest BCUT2D eigenvalue weighted by molar-refractivity contribution is 5.77. The van der Waals surface area contributed by atoms with Crippen molar-refractivity contribution in [1.82, 2.24) is 0 Å². The minimum Gasteiger partial charge on any atom is -0.478 e. The third kappa shape index (κ3) is 2.99. The summed E-state index contributed by atoms with van der Waals surface area (Å²) in [5.41, 5.74) is 0.954. The van der Waals surface area contributed by atoms with Crippen molar-refractivity contribution in [3.63, 3.8) is 0 Å². The van der Waals surface area contributed by atoms with E-state index in [0.29, 0.717) is 12.2 Å². The van der Waals surface area contributed by atoms with E-state index in [9.17, 15) is 9.90 Å². The molecule has 0 saturated heterocycles. The first-order valence-electron chi connectivity index (χ1n) is 5.89. The van der Waals surface area contributed by atoms with Crippen LogP contribution in [-0.4, -0.2) is 16.7 Å². The fraction of sp³-hybridized carbons (Fsp3) is 0.500. The van der Waals surface area contributed by atoms with E-state index < -0.39 is 11.6 Å². The zero-order chi connectivity index (χ0) is 13.1. The van der Waals surface area contributed by atoms with E-state index in [1.807, 2.05) is 39.0 Å². The second-order valence-corrected chi connectivity index (χ2v) is 4.59. The first-order valence-corrected chi connectivity index (χ1v) is 5.89. The second-order valence-electron chi connectivity index (χ2n) is 4.59. The average molecular weight is 236 g/mol. The number of hydrogen-bond donors (Lipinski definition) is 1. The average Bonchev–Trinajstić information content (AvgIpc) is 2.25. The van der Waals surface area contributed by atoms with Gasteiger partial charge in [-0.05, 0) is 44.4 Å². The molecular weight excluding hydrogens is 216 g/mol. The molecule has 0 spiro atoms. The summed E-state index contributed by atoms with van der Waals surface area (Å²) in [6.45, 7) is 7.51. The molecule has 0 aliphatic rings. The first kappa shape index (κ1) is 13.6. The number of hydrogen-bond acceptors (Lipinski definition) is 2. The van der Waals surface area contributed by atoms with Gasteiger partial charge in [-0.15, -0.1) is 0 Å². The van der Waals surface area contributed by atoms with E-state index in [2.05, 4.69) is 0 Å². The highest BCUT2D eigenvalue weighted by Crippen LogP contribution is 2.27. The molecule has 0 fully saturated rings. The van der Waals surface area contributed by atoms with Gasteiger partial charge >= 0.3 is 5.97 Å². The zero-order valence-corrected chi connectivity index (χ0v) is 10.9. The predicted octanol–water partition coefficient (Wildman–Crippen LogP) is 3.33. The van der Waals surface area contributed by atoms with E-state index in [-0.39, 0.29) is 0 Å². The molecule has 1 aromatic rings. The van der Waals surface area contributed by atoms with Crippen molar-refractivity contribution in [2.45, 2.75) is 46.1 Å². The van der Waals surface area contributed by atoms with Crippen LogP contribution in [0.15, 0.2) is 18.2 Å². The summed E-state index contributed by atoms with van der Waals surface area (Å²) in [6.07, 6.45) is 1.27. The Bertz CT molecular complexity index is 412. The maximum atomic E-state index is 11.3. The monoisotopic (exact) mass is 236 g/mol. The van der Waals surface area contributed by atoms with Crippen molar-refractivity contribution in [3.8, 4) is 5.75 Å². The predicted molar refractivity (Wildman–Crippen MR) is 67.5 cm³/mol. The van der Waals surface area contributed by atoms with Crippen molar-refractivity contribution in [3.05, 3.63) is 29.3 Å². The van der Waals surface area contributed by atoms with Gasteiger partial charge in [-0.2, -0.15) is 0 Å². The Labute approximate surface area is 102 Å². The molecule has 3 heteroatoms. The smallest absolute Gasteiger partial charge is 0.347 e. The normalized spacial score (nSPS) is 14.1. The summed E-state index contributed by atoms with van der Waals surface area (Å²) in [5, 5.41) is 9.26. The molecule has 1 aromatic carbocycles. The molecule has 0 aliphatic heterocycles. The molecule has 1 rings (SSSR count). The molecule has 0 bridgehead atoms. The molecule has 0 aliphatic carbocycles. The molecule has 3 nitrogen and oxygen atoms in total. The number of carboxylic acid groups (broad SMARTS) is 1. The SMILES string of the molecule is CCCC(C)(Oc1cccc(C)c1C)C(=O)O. The third-order valence-corrected chi connectivity index (χ3v) is 3.07. The molecule has 1 N–H and O–H groups in total. The van der Waals surface area contributed by atoms with E-state index in [4.69, 9.17) is 4.74 Å². The Hall–Kier alpha value is -1.51. The summed E-state index contributed by atoms with van der Waals surface area (Å²) >= 11 is 0. The highest BCUT2D eigenvalue weighted by Gasteiger charge is 2.35. The van der Waals surface area contributed by atoms with Crippen LogP contribution in [-0.2, 0) is 4.79 Å². The number of aliphatic carboxylic acids is 1. The number of carboxylic acids is 1. The fourth-order valence-electron chi connectivity index (χ4n) is 1.76. The second kappa shape index (κ2) is 5.21. The van der Waals surface area contributed by atoms with Gasteiger partial charge in [0.1, 0.15) is 5.75 Å². The van der Waals surface area contributed by atoms with Crippen LogP contribution in [0.25, 0.3) is 0 Å². The van der Waals surface area contributed by atoms with Crippen LogP contribution in [0.5, 0.6) is 5.75 Å². The molecule has 0 radical (unpaired) electrons. The van der Waals surface area contributed by atoms with Gasteiger partial charge in [-0.3, -0.25) is 0 Å². The summed E-state index contributed by atoms with van der Waals surface area (Å²) in [6, 6.07) is 5.69. The van der Waals surface area contributed by atoms with Crippen molar-refractivity contribution >= 4 is 5.97 Å². The van der Waals surface area contributed by atoms with E-state index >= 15 is 0 Å². The van der Waals surface area contributed by atoms with Crippen molar-refractivity contribution in [2.75, 3.05) is 0 Å². The van der Waals surface area contributed by atoms with E-state index in [1.54, 1.807) is 6.92 Å². The Balaban J connectivity index is 3.02. The quantitative estimate of drug-likeness (QED) is 0.853. The van der Waals surface area contributed by atoms with Crippen LogP contribution in [0.2, 0.25) is 0 Å². The largest absolute Gasteiger partial charge is 0.478 e. The molecule has 1 atom stereocenters. The van der Waals surface area contributed by atoms with E-state index in [1.165, 1.54) is 0 Å². The van der Waals surface area contributed by atoms with Crippen molar-refractivity contribution in [1.29, 1.82) is 0 Å². The molecule has 1 unspecified atom stereocenters. The maximum Gasteiger partial charge on any atom is 0.347 e. The zero-order valence-electron chi connectivity index (χ0n) is 10.9. The molecular formula is C14H20O3. The molecule has 17 heavy (non-hydrogen) atoms. The number of rotatable bonds is 5. The number of aryl methyl sites for hydroxylation is 1. The molecule has 94 valence electrons. The topological polar surface area (TPSA) is 46.5 Å². The van der Waals surface area contributed by atoms with Crippen LogP contribution in [0.3, 0.4) is 0 Å². The highest BCUT2D eigenvalue weighted by atomic mass is 16.5. The number of carbonyl (C=O) groups is 1. The standard InChI is InChI=1S/C14H20O3/c1-5-9-14(4,13(15)16)17-12-8-6-7-10(2)11(12)3/h6-8H,5,9H2,1-4H3,(H,15,16). The number of benzene rings is 1. The van der Waals surface area contributed by atoms with Crippen LogP contribution < -0.4 is 4.74 Å². The van der Waals surface area contributed by atoms with Gasteiger partial charge in [0.05, 0.1) is 0 Å². The maximum absolute atomic E-state index is 11.3. The van der Waals surface area contributed by atoms with E-state index in [0.717, 1.165) is 17.5 Å². The van der Waals surface area contributed by atoms with Crippen molar-refractivity contribution in [2.24, 2.45) is 0 Å². The fourth-order valence-corrected chi connectivity index (χ4v) is 1.76. The Morgan fingerprint density at radius 2 is 2.06 bits per heavy atom. The lowest BCUT2D eigenvalue weighted by atomic mass is 10.00. The molecule has 0 amide bonds. The van der Waals surface area contributed by atoms with Gasteiger partial charge in [-0.1, -0.05) is 25.5 Å². The molecule has 0 heterocycles. The van der Waals surface area contributed by atoms with Crippen LogP contribution in [0, 0.1) is 13.8 Å². The minimum atomic E-state index is -1.15. The summed E-state index contributed by atoms with van der Waals surface area (Å²) in [4.78, 5) is 11.3. The van der Waals surface area contributed by atoms with Gasteiger partial charge in [0.25, 0.3) is 0 Å². The van der Waals surface area contributed by atoms with Gasteiger partial charge in [0, 0.05) is 0 Å². The lowest BCUT2D eigenvalue weighted by molar-refractivity contribution is -0.154. The minimum absolute atomic E-state index is 0.496. The Morgan fingerprint density at radius 3 is 2.59 bits per heavy atom. The van der Waals surface area contributed by atoms with Gasteiger partial charge < -0.3 is 9.84 Å². The number of ether oxygens (including phenoxy) is 1. The summed E-state index contributed by atoms with van der Waals surface area (Å²) < 4.78 is 5.72. The van der Waals surface area contributed by atoms with Crippen LogP contribution in [0.4, 0.5) is 0 Å². The summed E-state index contributed by atoms with van der Waals surface area (Å²) in [5.74, 6) is -0.261. The Morgan fingerprint density at radius 1 is 1.41 bits per heavy atom. The van der Waals surface area contributed by atoms with Gasteiger partial charge in [0.15, 0.2) is 0 Å². The van der Waals surface area contributed by atoms with Crippen LogP contribution >= 0.6 is 0 Å². The third-order valence-electron chi connectivity index (χ3n) is 3.07. The molecule has 0 aromatic heterocycles. The first-order chi connectivity index (χ1) is 7.90. The lowest BCUT2D eigenvalue weighted by Crippen LogP contribution is -2.41. The molecule has 0 saturated carbocycles. The summed E-state index contributed by atoms with van der Waals surface area (Å²) in [7, 11) is 0. The van der Waals surface area contributed by atoms with Gasteiger partial charge in [0.2, 0.25) is 5.60 Å². The lowest BCUT2D eigenvalue weighted by Gasteiger charge is -2.27. The van der Waals surface area contributed by atoms with Gasteiger partial charge in [-0.25, -0.2) is 4.79 Å².